The summed E-state index contributed by atoms with van der Waals surface area (Å²) in [5, 5.41) is 19.6. The van der Waals surface area contributed by atoms with E-state index in [9.17, 15) is 5.11 Å². The van der Waals surface area contributed by atoms with Crippen molar-refractivity contribution in [3.63, 3.8) is 0 Å². The fourth-order valence-electron chi connectivity index (χ4n) is 1.92. The molecule has 0 amide bonds. The lowest BCUT2D eigenvalue weighted by Crippen LogP contribution is -1.95. The lowest BCUT2D eigenvalue weighted by atomic mass is 10.0. The van der Waals surface area contributed by atoms with Crippen molar-refractivity contribution < 1.29 is 5.11 Å². The number of rotatable bonds is 4. The third-order valence-electron chi connectivity index (χ3n) is 3.02. The molecule has 0 saturated carbocycles. The number of hydrogen-bond donors (Lipinski definition) is 1. The predicted molar refractivity (Wildman–Crippen MR) is 87.0 cm³/mol. The van der Waals surface area contributed by atoms with Gasteiger partial charge in [-0.25, -0.2) is 0 Å². The SMILES string of the molecule is N#CCC(O)c1cccc(/C=C/c2c(Cl)cccc2Cl)c1. The molecular weight excluding hydrogens is 305 g/mol. The van der Waals surface area contributed by atoms with Gasteiger partial charge in [-0.3, -0.25) is 0 Å². The van der Waals surface area contributed by atoms with Crippen LogP contribution in [-0.4, -0.2) is 5.11 Å². The molecular formula is C17H13Cl2NO. The molecule has 21 heavy (non-hydrogen) atoms. The highest BCUT2D eigenvalue weighted by atomic mass is 35.5. The quantitative estimate of drug-likeness (QED) is 0.796. The van der Waals surface area contributed by atoms with E-state index in [0.717, 1.165) is 11.1 Å². The van der Waals surface area contributed by atoms with Gasteiger partial charge in [-0.15, -0.1) is 0 Å². The van der Waals surface area contributed by atoms with Crippen LogP contribution >= 0.6 is 23.2 Å². The maximum absolute atomic E-state index is 9.83. The maximum atomic E-state index is 9.83. The van der Waals surface area contributed by atoms with Crippen LogP contribution in [0.1, 0.15) is 29.2 Å². The highest BCUT2D eigenvalue weighted by molar-refractivity contribution is 6.37. The van der Waals surface area contributed by atoms with Gasteiger partial charge in [-0.2, -0.15) is 5.26 Å². The zero-order valence-corrected chi connectivity index (χ0v) is 12.6. The Kier molecular flexibility index (Phi) is 5.41. The van der Waals surface area contributed by atoms with Gasteiger partial charge in [0, 0.05) is 15.6 Å². The molecule has 0 heterocycles. The smallest absolute Gasteiger partial charge is 0.0920 e. The largest absolute Gasteiger partial charge is 0.387 e. The summed E-state index contributed by atoms with van der Waals surface area (Å²) in [6, 6.07) is 14.7. The Balaban J connectivity index is 2.26. The first kappa shape index (κ1) is 15.6. The summed E-state index contributed by atoms with van der Waals surface area (Å²) in [5.74, 6) is 0. The molecule has 0 spiro atoms. The average Bonchev–Trinajstić information content (AvgIpc) is 2.47. The molecule has 0 aromatic heterocycles. The Hall–Kier alpha value is -1.79. The first-order valence-electron chi connectivity index (χ1n) is 6.39. The zero-order chi connectivity index (χ0) is 15.2. The number of halogens is 2. The van der Waals surface area contributed by atoms with Gasteiger partial charge in [0.1, 0.15) is 0 Å². The lowest BCUT2D eigenvalue weighted by molar-refractivity contribution is 0.183. The van der Waals surface area contributed by atoms with Gasteiger partial charge in [0.2, 0.25) is 0 Å². The summed E-state index contributed by atoms with van der Waals surface area (Å²) in [7, 11) is 0. The summed E-state index contributed by atoms with van der Waals surface area (Å²) >= 11 is 12.2. The highest BCUT2D eigenvalue weighted by Gasteiger charge is 2.06. The normalized spacial score (nSPS) is 12.3. The molecule has 2 rings (SSSR count). The molecule has 0 aliphatic rings. The number of aliphatic hydroxyl groups excluding tert-OH is 1. The van der Waals surface area contributed by atoms with Crippen LogP contribution in [0.5, 0.6) is 0 Å². The van der Waals surface area contributed by atoms with Gasteiger partial charge >= 0.3 is 0 Å². The van der Waals surface area contributed by atoms with Crippen molar-refractivity contribution in [3.8, 4) is 6.07 Å². The molecule has 0 aliphatic carbocycles. The van der Waals surface area contributed by atoms with Crippen molar-refractivity contribution in [2.24, 2.45) is 0 Å². The summed E-state index contributed by atoms with van der Waals surface area (Å²) < 4.78 is 0. The summed E-state index contributed by atoms with van der Waals surface area (Å²) in [5.41, 5.74) is 2.37. The average molecular weight is 318 g/mol. The van der Waals surface area contributed by atoms with E-state index in [1.54, 1.807) is 24.3 Å². The molecule has 2 aromatic carbocycles. The second kappa shape index (κ2) is 7.28. The third kappa shape index (κ3) is 4.09. The minimum absolute atomic E-state index is 0.0729. The van der Waals surface area contributed by atoms with Crippen molar-refractivity contribution in [2.75, 3.05) is 0 Å². The van der Waals surface area contributed by atoms with E-state index in [2.05, 4.69) is 0 Å². The molecule has 0 aliphatic heterocycles. The molecule has 1 N–H and O–H groups in total. The molecule has 106 valence electrons. The van der Waals surface area contributed by atoms with Gasteiger partial charge in [-0.1, -0.05) is 59.6 Å². The summed E-state index contributed by atoms with van der Waals surface area (Å²) in [6.45, 7) is 0. The van der Waals surface area contributed by atoms with Crippen LogP contribution in [0.25, 0.3) is 12.2 Å². The number of benzene rings is 2. The van der Waals surface area contributed by atoms with Crippen molar-refractivity contribution in [2.45, 2.75) is 12.5 Å². The minimum atomic E-state index is -0.771. The monoisotopic (exact) mass is 317 g/mol. The highest BCUT2D eigenvalue weighted by Crippen LogP contribution is 2.26. The third-order valence-corrected chi connectivity index (χ3v) is 3.68. The Bertz CT molecular complexity index is 684. The Morgan fingerprint density at radius 1 is 1.10 bits per heavy atom. The standard InChI is InChI=1S/C17H13Cl2NO/c18-15-5-2-6-16(19)14(15)8-7-12-3-1-4-13(11-12)17(21)9-10-20/h1-8,11,17,21H,9H2/b8-7+. The Labute approximate surface area is 133 Å². The fraction of sp³-hybridized carbons (Fsp3) is 0.118. The molecule has 2 nitrogen and oxygen atoms in total. The van der Waals surface area contributed by atoms with E-state index < -0.39 is 6.10 Å². The van der Waals surface area contributed by atoms with Gasteiger partial charge in [0.25, 0.3) is 0 Å². The summed E-state index contributed by atoms with van der Waals surface area (Å²) in [6.07, 6.45) is 3.01. The van der Waals surface area contributed by atoms with Gasteiger partial charge in [0.05, 0.1) is 18.6 Å². The molecule has 0 fully saturated rings. The number of nitrogens with zero attached hydrogens (tertiary/aromatic N) is 1. The van der Waals surface area contributed by atoms with Crippen LogP contribution in [-0.2, 0) is 0 Å². The summed E-state index contributed by atoms with van der Waals surface area (Å²) in [4.78, 5) is 0. The molecule has 1 unspecified atom stereocenters. The van der Waals surface area contributed by atoms with Crippen LogP contribution in [0.15, 0.2) is 42.5 Å². The van der Waals surface area contributed by atoms with Gasteiger partial charge < -0.3 is 5.11 Å². The van der Waals surface area contributed by atoms with E-state index >= 15 is 0 Å². The zero-order valence-electron chi connectivity index (χ0n) is 11.1. The van der Waals surface area contributed by atoms with Gasteiger partial charge in [-0.05, 0) is 29.3 Å². The Morgan fingerprint density at radius 3 is 2.43 bits per heavy atom. The van der Waals surface area contributed by atoms with E-state index in [0.29, 0.717) is 15.6 Å². The van der Waals surface area contributed by atoms with E-state index in [4.69, 9.17) is 28.5 Å². The number of aliphatic hydroxyl groups is 1. The number of nitriles is 1. The minimum Gasteiger partial charge on any atom is -0.387 e. The fourth-order valence-corrected chi connectivity index (χ4v) is 2.45. The molecule has 1 atom stereocenters. The molecule has 0 saturated heterocycles. The first-order valence-corrected chi connectivity index (χ1v) is 7.14. The lowest BCUT2D eigenvalue weighted by Gasteiger charge is -2.07. The topological polar surface area (TPSA) is 44.0 Å². The second-order valence-corrected chi connectivity index (χ2v) is 5.33. The van der Waals surface area contributed by atoms with Crippen LogP contribution in [0.3, 0.4) is 0 Å². The van der Waals surface area contributed by atoms with E-state index in [1.807, 2.05) is 36.4 Å². The number of hydrogen-bond acceptors (Lipinski definition) is 2. The van der Waals surface area contributed by atoms with Crippen LogP contribution in [0.4, 0.5) is 0 Å². The Morgan fingerprint density at radius 2 is 1.76 bits per heavy atom. The van der Waals surface area contributed by atoms with Crippen LogP contribution in [0, 0.1) is 11.3 Å². The van der Waals surface area contributed by atoms with Crippen LogP contribution in [0.2, 0.25) is 10.0 Å². The van der Waals surface area contributed by atoms with Crippen LogP contribution < -0.4 is 0 Å². The second-order valence-electron chi connectivity index (χ2n) is 4.52. The van der Waals surface area contributed by atoms with Crippen molar-refractivity contribution in [3.05, 3.63) is 69.2 Å². The molecule has 4 heteroatoms. The van der Waals surface area contributed by atoms with E-state index in [1.165, 1.54) is 0 Å². The van der Waals surface area contributed by atoms with Crippen molar-refractivity contribution in [1.82, 2.24) is 0 Å². The molecule has 2 aromatic rings. The van der Waals surface area contributed by atoms with E-state index in [-0.39, 0.29) is 6.42 Å². The van der Waals surface area contributed by atoms with Gasteiger partial charge in [0.15, 0.2) is 0 Å². The predicted octanol–water partition coefficient (Wildman–Crippen LogP) is 5.11. The maximum Gasteiger partial charge on any atom is 0.0920 e. The first-order chi connectivity index (χ1) is 10.1. The van der Waals surface area contributed by atoms with Crippen molar-refractivity contribution in [1.29, 1.82) is 5.26 Å². The van der Waals surface area contributed by atoms with Crippen molar-refractivity contribution >= 4 is 35.4 Å². The molecule has 0 radical (unpaired) electrons. The molecule has 0 bridgehead atoms.